The SMILES string of the molecule is COc1cc(OCC(=O)NCC[N+](C)(C)C)cc(C)c1-c1cc(C)cc(CN2CCN(Cc3cc(-c4c(OC)cc(OCC(=O)NCC[N+](C)(C)C)cc4OC)cc(C(=O)O)n3)CC(CN)N(Cc3cc(-c4c(C)cc(OCC(=O)NCC[N+](C)(C)C)cc4OC)cc(C(=O)O)n3)CC2)c1. The molecule has 0 bridgehead atoms. The van der Waals surface area contributed by atoms with E-state index in [4.69, 9.17) is 48.9 Å². The summed E-state index contributed by atoms with van der Waals surface area (Å²) >= 11 is 0. The monoisotopic (exact) mass is 1390 g/mol. The summed E-state index contributed by atoms with van der Waals surface area (Å²) in [7, 11) is 24.5. The minimum atomic E-state index is -1.25. The van der Waals surface area contributed by atoms with Crippen molar-refractivity contribution in [2.24, 2.45) is 5.73 Å². The topological polar surface area (TPSA) is 288 Å². The standard InChI is InChI=1S/C74H102N12O14/c1-48-27-51(31-52(28-48)70-49(2)29-58(36-63(70)94-13)98-45-67(87)76-17-24-84(4,5)6)41-81-20-21-82(42-55-33-54(35-62(79-55)74(92)93)72-65(96-15)38-60(39-66(72)97-16)100-47-69(89)78-19-26-86(10,11)12)44-57(40-75)83(23-22-81)43-56-32-53(34-61(80-56)73(90)91)71-50(3)30-59(37-64(71)95-14)99-46-68(88)77-18-25-85(7,8)9/h27-39,57H,17-26,40-47,75H2,1-16H3,(H2-3,76,77,78,87,88,89,90,91,92,93)/p+3. The number of aromatic carboxylic acids is 2. The third-order valence-corrected chi connectivity index (χ3v) is 16.9. The van der Waals surface area contributed by atoms with E-state index < -0.39 is 11.9 Å². The van der Waals surface area contributed by atoms with Crippen LogP contribution in [0.2, 0.25) is 0 Å². The number of pyridine rings is 2. The Morgan fingerprint density at radius 2 is 0.860 bits per heavy atom. The van der Waals surface area contributed by atoms with Crippen LogP contribution in [0.25, 0.3) is 33.4 Å². The van der Waals surface area contributed by atoms with Gasteiger partial charge in [-0.25, -0.2) is 19.6 Å². The minimum absolute atomic E-state index is 0.151. The smallest absolute Gasteiger partial charge is 0.354 e. The number of nitrogens with two attached hydrogens (primary N) is 1. The highest BCUT2D eigenvalue weighted by molar-refractivity contribution is 5.90. The maximum atomic E-state index is 13.1. The number of nitrogens with one attached hydrogen (secondary N) is 3. The molecule has 100 heavy (non-hydrogen) atoms. The predicted octanol–water partition coefficient (Wildman–Crippen LogP) is 5.58. The molecule has 2 aromatic heterocycles. The lowest BCUT2D eigenvalue weighted by molar-refractivity contribution is -0.869. The van der Waals surface area contributed by atoms with Crippen LogP contribution < -0.4 is 54.8 Å². The Kier molecular flexibility index (Phi) is 27.6. The van der Waals surface area contributed by atoms with Crippen molar-refractivity contribution in [2.45, 2.75) is 46.4 Å². The van der Waals surface area contributed by atoms with Crippen LogP contribution in [0.3, 0.4) is 0 Å². The first kappa shape index (κ1) is 78.2. The summed E-state index contributed by atoms with van der Waals surface area (Å²) in [5.74, 6) is -0.477. The Bertz CT molecular complexity index is 3820. The van der Waals surface area contributed by atoms with Crippen LogP contribution >= 0.6 is 0 Å². The van der Waals surface area contributed by atoms with Crippen LogP contribution in [-0.2, 0) is 34.0 Å². The predicted molar refractivity (Wildman–Crippen MR) is 384 cm³/mol. The van der Waals surface area contributed by atoms with Crippen LogP contribution in [-0.4, -0.2) is 274 Å². The van der Waals surface area contributed by atoms with Gasteiger partial charge in [-0.05, 0) is 96.6 Å². The Morgan fingerprint density at radius 3 is 1.27 bits per heavy atom. The van der Waals surface area contributed by atoms with Gasteiger partial charge in [-0.2, -0.15) is 0 Å². The molecule has 6 aromatic rings. The van der Waals surface area contributed by atoms with Gasteiger partial charge >= 0.3 is 11.9 Å². The zero-order valence-corrected chi connectivity index (χ0v) is 61.3. The second kappa shape index (κ2) is 35.3. The highest BCUT2D eigenvalue weighted by Gasteiger charge is 2.29. The summed E-state index contributed by atoms with van der Waals surface area (Å²) in [6.45, 7) is 12.4. The molecule has 7 N–H and O–H groups in total. The summed E-state index contributed by atoms with van der Waals surface area (Å²) in [5, 5.41) is 30.1. The summed E-state index contributed by atoms with van der Waals surface area (Å²) in [6, 6.07) is 23.1. The van der Waals surface area contributed by atoms with Gasteiger partial charge in [-0.3, -0.25) is 29.1 Å². The molecule has 3 amide bonds. The van der Waals surface area contributed by atoms with Gasteiger partial charge < -0.3 is 78.5 Å². The molecule has 7 rings (SSSR count). The molecule has 26 heteroatoms. The number of amides is 3. The lowest BCUT2D eigenvalue weighted by Crippen LogP contribution is -2.48. The Labute approximate surface area is 588 Å². The molecular formula is C74H105N12O14+3. The van der Waals surface area contributed by atoms with Crippen molar-refractivity contribution >= 4 is 29.7 Å². The van der Waals surface area contributed by atoms with Crippen LogP contribution in [0.4, 0.5) is 0 Å². The summed E-state index contributed by atoms with van der Waals surface area (Å²) in [5.41, 5.74) is 14.8. The highest BCUT2D eigenvalue weighted by atomic mass is 16.5. The van der Waals surface area contributed by atoms with E-state index in [1.54, 1.807) is 37.4 Å². The molecule has 1 fully saturated rings. The average molecular weight is 1390 g/mol. The molecule has 26 nitrogen and oxygen atoms in total. The highest BCUT2D eigenvalue weighted by Crippen LogP contribution is 2.43. The molecule has 1 atom stereocenters. The third-order valence-electron chi connectivity index (χ3n) is 16.9. The number of methoxy groups -OCH3 is 4. The molecule has 1 aliphatic heterocycles. The first-order chi connectivity index (χ1) is 47.2. The van der Waals surface area contributed by atoms with E-state index in [2.05, 4.69) is 76.9 Å². The molecule has 542 valence electrons. The van der Waals surface area contributed by atoms with Crippen LogP contribution in [0.15, 0.2) is 78.9 Å². The Hall–Kier alpha value is -9.15. The van der Waals surface area contributed by atoms with Crippen LogP contribution in [0, 0.1) is 20.8 Å². The third kappa shape index (κ3) is 23.5. The lowest BCUT2D eigenvalue weighted by atomic mass is 9.95. The van der Waals surface area contributed by atoms with Crippen molar-refractivity contribution in [3.8, 4) is 73.6 Å². The first-order valence-corrected chi connectivity index (χ1v) is 33.5. The van der Waals surface area contributed by atoms with Gasteiger partial charge in [0.05, 0.1) is 148 Å². The Morgan fingerprint density at radius 1 is 0.480 bits per heavy atom. The molecule has 0 aliphatic carbocycles. The van der Waals surface area contributed by atoms with E-state index in [9.17, 15) is 34.2 Å². The number of aryl methyl sites for hydroxylation is 3. The van der Waals surface area contributed by atoms with Crippen molar-refractivity contribution in [1.29, 1.82) is 0 Å². The number of aromatic nitrogens is 2. The fourth-order valence-corrected chi connectivity index (χ4v) is 11.8. The fraction of sp³-hybridized carbons (Fsp3) is 0.473. The molecule has 1 saturated heterocycles. The number of carboxylic acid groups (broad SMARTS) is 2. The number of hydrogen-bond acceptors (Lipinski definition) is 18. The number of rotatable bonds is 34. The number of carboxylic acids is 2. The number of likely N-dealkylation sites (N-methyl/N-ethyl adjacent to an activating group) is 3. The Balaban J connectivity index is 1.24. The summed E-state index contributed by atoms with van der Waals surface area (Å²) < 4.78 is 43.8. The molecule has 0 spiro atoms. The van der Waals surface area contributed by atoms with Gasteiger partial charge in [0.1, 0.15) is 51.6 Å². The number of nitrogens with zero attached hydrogens (tertiary/aromatic N) is 8. The number of benzene rings is 4. The van der Waals surface area contributed by atoms with Crippen molar-refractivity contribution in [3.05, 3.63) is 124 Å². The first-order valence-electron chi connectivity index (χ1n) is 33.5. The number of quaternary nitrogens is 3. The largest absolute Gasteiger partial charge is 0.496 e. The molecule has 0 saturated carbocycles. The number of ether oxygens (including phenoxy) is 7. The van der Waals surface area contributed by atoms with Gasteiger partial charge in [0.15, 0.2) is 19.8 Å². The molecular weight excluding hydrogens is 1280 g/mol. The van der Waals surface area contributed by atoms with E-state index in [0.717, 1.165) is 47.5 Å². The van der Waals surface area contributed by atoms with Crippen molar-refractivity contribution < 1.29 is 80.8 Å². The van der Waals surface area contributed by atoms with Crippen molar-refractivity contribution in [2.75, 3.05) is 190 Å². The zero-order chi connectivity index (χ0) is 73.2. The molecule has 4 aromatic carbocycles. The second-order valence-corrected chi connectivity index (χ2v) is 28.4. The van der Waals surface area contributed by atoms with E-state index in [-0.39, 0.29) is 74.6 Å². The molecule has 3 heterocycles. The van der Waals surface area contributed by atoms with Crippen molar-refractivity contribution in [1.82, 2.24) is 40.6 Å². The number of carbonyl (C=O) groups is 5. The second-order valence-electron chi connectivity index (χ2n) is 28.4. The van der Waals surface area contributed by atoms with Gasteiger partial charge in [-0.1, -0.05) is 17.7 Å². The minimum Gasteiger partial charge on any atom is -0.496 e. The van der Waals surface area contributed by atoms with Gasteiger partial charge in [-0.15, -0.1) is 0 Å². The maximum absolute atomic E-state index is 13.1. The molecule has 1 aliphatic rings. The summed E-state index contributed by atoms with van der Waals surface area (Å²) in [4.78, 5) is 80.8. The van der Waals surface area contributed by atoms with E-state index in [1.807, 2.05) is 74.3 Å². The van der Waals surface area contributed by atoms with Gasteiger partial charge in [0, 0.05) is 100 Å². The van der Waals surface area contributed by atoms with E-state index in [1.165, 1.54) is 33.5 Å². The van der Waals surface area contributed by atoms with Gasteiger partial charge in [0.25, 0.3) is 17.7 Å². The van der Waals surface area contributed by atoms with Gasteiger partial charge in [0.2, 0.25) is 0 Å². The molecule has 1 unspecified atom stereocenters. The van der Waals surface area contributed by atoms with Crippen LogP contribution in [0.5, 0.6) is 40.2 Å². The van der Waals surface area contributed by atoms with Crippen molar-refractivity contribution in [3.63, 3.8) is 0 Å². The lowest BCUT2D eigenvalue weighted by Gasteiger charge is -2.34. The summed E-state index contributed by atoms with van der Waals surface area (Å²) in [6.07, 6.45) is 0. The normalized spacial score (nSPS) is 14.2. The number of hydrogen-bond donors (Lipinski definition) is 6. The van der Waals surface area contributed by atoms with Crippen LogP contribution in [0.1, 0.15) is 54.6 Å². The fourth-order valence-electron chi connectivity index (χ4n) is 11.8. The average Bonchev–Trinajstić information content (AvgIpc) is 0.811. The van der Waals surface area contributed by atoms with E-state index >= 15 is 0 Å². The molecule has 0 radical (unpaired) electrons. The quantitative estimate of drug-likeness (QED) is 0.0269. The maximum Gasteiger partial charge on any atom is 0.354 e. The number of carbonyl (C=O) groups excluding carboxylic acids is 3. The zero-order valence-electron chi connectivity index (χ0n) is 61.3. The van der Waals surface area contributed by atoms with E-state index in [0.29, 0.717) is 152 Å².